The van der Waals surface area contributed by atoms with Gasteiger partial charge in [-0.1, -0.05) is 17.7 Å². The van der Waals surface area contributed by atoms with Crippen LogP contribution in [0.5, 0.6) is 5.75 Å². The Bertz CT molecular complexity index is 724. The second kappa shape index (κ2) is 5.20. The fourth-order valence-corrected chi connectivity index (χ4v) is 2.95. The molecule has 4 nitrogen and oxygen atoms in total. The maximum absolute atomic E-state index is 12.2. The molecular weight excluding hydrogens is 367 g/mol. The Morgan fingerprint density at radius 2 is 2.25 bits per heavy atom. The molecule has 0 fully saturated rings. The van der Waals surface area contributed by atoms with Crippen molar-refractivity contribution in [2.75, 3.05) is 0 Å². The topological polar surface area (TPSA) is 44.1 Å². The Balaban J connectivity index is 1.85. The van der Waals surface area contributed by atoms with Gasteiger partial charge in [-0.2, -0.15) is 0 Å². The molecule has 0 saturated heterocycles. The van der Waals surface area contributed by atoms with E-state index in [0.29, 0.717) is 10.1 Å². The van der Waals surface area contributed by atoms with Crippen LogP contribution >= 0.6 is 22.6 Å². The summed E-state index contributed by atoms with van der Waals surface area (Å²) in [6.07, 6.45) is 2.46. The molecule has 0 radical (unpaired) electrons. The van der Waals surface area contributed by atoms with E-state index in [4.69, 9.17) is 4.74 Å². The molecule has 1 aromatic heterocycles. The normalized spacial score (nSPS) is 16.9. The quantitative estimate of drug-likeness (QED) is 0.750. The first-order chi connectivity index (χ1) is 9.54. The standard InChI is InChI=1S/C15H15IN2O2/c1-9-3-4-14-11(5-9)6-12(20-14)8-18-10(2)17-7-13(16)15(18)19/h3-5,7,12H,6,8H2,1-2H3. The van der Waals surface area contributed by atoms with E-state index < -0.39 is 0 Å². The zero-order chi connectivity index (χ0) is 14.3. The number of fused-ring (bicyclic) bond motifs is 1. The smallest absolute Gasteiger partial charge is 0.267 e. The van der Waals surface area contributed by atoms with E-state index in [9.17, 15) is 4.79 Å². The summed E-state index contributed by atoms with van der Waals surface area (Å²) in [5.41, 5.74) is 2.46. The summed E-state index contributed by atoms with van der Waals surface area (Å²) >= 11 is 2.02. The highest BCUT2D eigenvalue weighted by molar-refractivity contribution is 14.1. The molecule has 20 heavy (non-hydrogen) atoms. The van der Waals surface area contributed by atoms with Gasteiger partial charge in [-0.25, -0.2) is 4.98 Å². The van der Waals surface area contributed by atoms with Gasteiger partial charge in [0.05, 0.1) is 10.1 Å². The fourth-order valence-electron chi connectivity index (χ4n) is 2.52. The SMILES string of the molecule is Cc1ccc2c(c1)CC(Cn1c(C)ncc(I)c1=O)O2. The van der Waals surface area contributed by atoms with E-state index in [2.05, 4.69) is 18.0 Å². The monoisotopic (exact) mass is 382 g/mol. The third-order valence-corrected chi connectivity index (χ3v) is 4.29. The lowest BCUT2D eigenvalue weighted by molar-refractivity contribution is 0.205. The molecular formula is C15H15IN2O2. The van der Waals surface area contributed by atoms with Crippen LogP contribution in [-0.2, 0) is 13.0 Å². The summed E-state index contributed by atoms with van der Waals surface area (Å²) in [7, 11) is 0. The van der Waals surface area contributed by atoms with E-state index in [1.807, 2.05) is 41.6 Å². The first kappa shape index (κ1) is 13.6. The van der Waals surface area contributed by atoms with Crippen LogP contribution in [-0.4, -0.2) is 15.7 Å². The van der Waals surface area contributed by atoms with Crippen molar-refractivity contribution in [1.29, 1.82) is 0 Å². The van der Waals surface area contributed by atoms with Gasteiger partial charge in [-0.3, -0.25) is 9.36 Å². The highest BCUT2D eigenvalue weighted by atomic mass is 127. The number of hydrogen-bond donors (Lipinski definition) is 0. The maximum Gasteiger partial charge on any atom is 0.267 e. The van der Waals surface area contributed by atoms with Gasteiger partial charge in [-0.05, 0) is 48.1 Å². The maximum atomic E-state index is 12.2. The number of ether oxygens (including phenoxy) is 1. The molecule has 2 aromatic rings. The molecule has 0 N–H and O–H groups in total. The highest BCUT2D eigenvalue weighted by Crippen LogP contribution is 2.29. The van der Waals surface area contributed by atoms with Crippen molar-refractivity contribution in [3.8, 4) is 5.75 Å². The molecule has 0 aliphatic carbocycles. The number of rotatable bonds is 2. The van der Waals surface area contributed by atoms with Crippen LogP contribution in [0.15, 0.2) is 29.2 Å². The fraction of sp³-hybridized carbons (Fsp3) is 0.333. The van der Waals surface area contributed by atoms with Crippen molar-refractivity contribution < 1.29 is 4.74 Å². The molecule has 0 saturated carbocycles. The molecule has 1 aliphatic heterocycles. The Labute approximate surface area is 130 Å². The molecule has 1 aromatic carbocycles. The van der Waals surface area contributed by atoms with Crippen molar-refractivity contribution in [3.63, 3.8) is 0 Å². The second-order valence-electron chi connectivity index (χ2n) is 5.12. The number of hydrogen-bond acceptors (Lipinski definition) is 3. The van der Waals surface area contributed by atoms with Crippen LogP contribution in [0, 0.1) is 17.4 Å². The lowest BCUT2D eigenvalue weighted by Gasteiger charge is -2.14. The van der Waals surface area contributed by atoms with Crippen LogP contribution in [0.3, 0.4) is 0 Å². The van der Waals surface area contributed by atoms with E-state index in [0.717, 1.165) is 18.0 Å². The van der Waals surface area contributed by atoms with Gasteiger partial charge in [0.25, 0.3) is 5.56 Å². The average molecular weight is 382 g/mol. The third kappa shape index (κ3) is 2.46. The predicted molar refractivity (Wildman–Crippen MR) is 85.3 cm³/mol. The molecule has 1 unspecified atom stereocenters. The van der Waals surface area contributed by atoms with Crippen LogP contribution in [0.1, 0.15) is 17.0 Å². The molecule has 0 spiro atoms. The summed E-state index contributed by atoms with van der Waals surface area (Å²) in [5.74, 6) is 1.66. The van der Waals surface area contributed by atoms with Crippen molar-refractivity contribution in [2.45, 2.75) is 32.9 Å². The van der Waals surface area contributed by atoms with E-state index >= 15 is 0 Å². The van der Waals surface area contributed by atoms with E-state index in [1.54, 1.807) is 10.8 Å². The van der Waals surface area contributed by atoms with E-state index in [-0.39, 0.29) is 11.7 Å². The Morgan fingerprint density at radius 1 is 1.45 bits per heavy atom. The van der Waals surface area contributed by atoms with Gasteiger partial charge in [0, 0.05) is 12.6 Å². The minimum Gasteiger partial charge on any atom is -0.488 e. The lowest BCUT2D eigenvalue weighted by Crippen LogP contribution is -2.32. The van der Waals surface area contributed by atoms with E-state index in [1.165, 1.54) is 11.1 Å². The number of benzene rings is 1. The molecule has 2 heterocycles. The average Bonchev–Trinajstić information content (AvgIpc) is 2.81. The predicted octanol–water partition coefficient (Wildman–Crippen LogP) is 2.47. The largest absolute Gasteiger partial charge is 0.488 e. The zero-order valence-electron chi connectivity index (χ0n) is 11.4. The van der Waals surface area contributed by atoms with Gasteiger partial charge >= 0.3 is 0 Å². The molecule has 104 valence electrons. The molecule has 1 atom stereocenters. The molecule has 0 amide bonds. The van der Waals surface area contributed by atoms with Crippen molar-refractivity contribution in [3.05, 3.63) is 55.3 Å². The summed E-state index contributed by atoms with van der Waals surface area (Å²) in [5, 5.41) is 0. The zero-order valence-corrected chi connectivity index (χ0v) is 13.5. The van der Waals surface area contributed by atoms with Crippen LogP contribution in [0.25, 0.3) is 0 Å². The highest BCUT2D eigenvalue weighted by Gasteiger charge is 2.24. The molecule has 3 rings (SSSR count). The van der Waals surface area contributed by atoms with Crippen molar-refractivity contribution in [1.82, 2.24) is 9.55 Å². The summed E-state index contributed by atoms with van der Waals surface area (Å²) in [6, 6.07) is 6.21. The van der Waals surface area contributed by atoms with Crippen molar-refractivity contribution >= 4 is 22.6 Å². The van der Waals surface area contributed by atoms with Gasteiger partial charge in [-0.15, -0.1) is 0 Å². The first-order valence-electron chi connectivity index (χ1n) is 6.52. The minimum absolute atomic E-state index is 0.00296. The number of aromatic nitrogens is 2. The van der Waals surface area contributed by atoms with Gasteiger partial charge in [0.15, 0.2) is 0 Å². The molecule has 5 heteroatoms. The number of nitrogens with zero attached hydrogens (tertiary/aromatic N) is 2. The van der Waals surface area contributed by atoms with Crippen LogP contribution < -0.4 is 10.3 Å². The van der Waals surface area contributed by atoms with Gasteiger partial charge in [0.2, 0.25) is 0 Å². The lowest BCUT2D eigenvalue weighted by atomic mass is 10.1. The van der Waals surface area contributed by atoms with Gasteiger partial charge < -0.3 is 4.74 Å². The summed E-state index contributed by atoms with van der Waals surface area (Å²) < 4.78 is 8.26. The first-order valence-corrected chi connectivity index (χ1v) is 7.60. The number of aryl methyl sites for hydroxylation is 2. The Morgan fingerprint density at radius 3 is 3.05 bits per heavy atom. The minimum atomic E-state index is 0.00296. The van der Waals surface area contributed by atoms with Gasteiger partial charge in [0.1, 0.15) is 17.7 Å². The Hall–Kier alpha value is -1.37. The Kier molecular flexibility index (Phi) is 3.54. The number of halogens is 1. The molecule has 1 aliphatic rings. The summed E-state index contributed by atoms with van der Waals surface area (Å²) in [6.45, 7) is 4.47. The summed E-state index contributed by atoms with van der Waals surface area (Å²) in [4.78, 5) is 16.4. The third-order valence-electron chi connectivity index (χ3n) is 3.55. The second-order valence-corrected chi connectivity index (χ2v) is 6.29. The molecule has 0 bridgehead atoms. The van der Waals surface area contributed by atoms with Crippen LogP contribution in [0.4, 0.5) is 0 Å². The van der Waals surface area contributed by atoms with Crippen molar-refractivity contribution in [2.24, 2.45) is 0 Å². The van der Waals surface area contributed by atoms with Crippen LogP contribution in [0.2, 0.25) is 0 Å².